The molecular weight excluding hydrogens is 398 g/mol. The number of fused-ring (bicyclic) bond motifs is 2. The number of ether oxygens (including phenoxy) is 1. The molecule has 0 saturated heterocycles. The minimum absolute atomic E-state index is 0.302. The van der Waals surface area contributed by atoms with Crippen LogP contribution in [0.5, 0.6) is 0 Å². The number of thiophene rings is 1. The fourth-order valence-corrected chi connectivity index (χ4v) is 5.21. The van der Waals surface area contributed by atoms with Gasteiger partial charge in [-0.1, -0.05) is 19.1 Å². The van der Waals surface area contributed by atoms with Crippen LogP contribution in [0.3, 0.4) is 0 Å². The van der Waals surface area contributed by atoms with Gasteiger partial charge in [-0.2, -0.15) is 0 Å². The molecule has 1 unspecified atom stereocenters. The number of hydrogen-bond donors (Lipinski definition) is 1. The highest BCUT2D eigenvalue weighted by Gasteiger charge is 2.28. The maximum Gasteiger partial charge on any atom is 0.341 e. The predicted molar refractivity (Wildman–Crippen MR) is 120 cm³/mol. The molecule has 1 aliphatic carbocycles. The second kappa shape index (κ2) is 8.48. The molecule has 0 bridgehead atoms. The lowest BCUT2D eigenvalue weighted by atomic mass is 9.88. The van der Waals surface area contributed by atoms with E-state index in [0.717, 1.165) is 41.4 Å². The molecule has 5 nitrogen and oxygen atoms in total. The molecule has 30 heavy (non-hydrogen) atoms. The number of nitrogens with one attached hydrogen (secondary N) is 1. The zero-order chi connectivity index (χ0) is 21.3. The Balaban J connectivity index is 1.56. The third-order valence-electron chi connectivity index (χ3n) is 5.32. The summed E-state index contributed by atoms with van der Waals surface area (Å²) in [5.74, 6) is 0.516. The Kier molecular flexibility index (Phi) is 5.77. The number of benzene rings is 1. The Hall–Kier alpha value is -2.86. The van der Waals surface area contributed by atoms with Gasteiger partial charge in [-0.05, 0) is 68.4 Å². The number of rotatable bonds is 5. The number of hydrogen-bond acceptors (Lipinski definition) is 5. The highest BCUT2D eigenvalue weighted by Crippen LogP contribution is 2.40. The zero-order valence-electron chi connectivity index (χ0n) is 17.4. The number of aryl methyl sites for hydroxylation is 1. The van der Waals surface area contributed by atoms with E-state index in [2.05, 4.69) is 12.2 Å². The molecule has 0 saturated carbocycles. The average Bonchev–Trinajstić information content (AvgIpc) is 3.26. The van der Waals surface area contributed by atoms with E-state index < -0.39 is 0 Å². The van der Waals surface area contributed by atoms with Crippen LogP contribution in [0.15, 0.2) is 34.8 Å². The average molecular weight is 424 g/mol. The fourth-order valence-electron chi connectivity index (χ4n) is 3.81. The third kappa shape index (κ3) is 4.19. The van der Waals surface area contributed by atoms with E-state index in [0.29, 0.717) is 28.8 Å². The summed E-state index contributed by atoms with van der Waals surface area (Å²) in [4.78, 5) is 26.3. The van der Waals surface area contributed by atoms with Gasteiger partial charge in [0.2, 0.25) is 5.91 Å². The van der Waals surface area contributed by atoms with Gasteiger partial charge in [0.15, 0.2) is 0 Å². The van der Waals surface area contributed by atoms with Crippen LogP contribution in [0.1, 0.15) is 52.4 Å². The van der Waals surface area contributed by atoms with Crippen LogP contribution >= 0.6 is 11.3 Å². The minimum Gasteiger partial charge on any atom is -0.462 e. The second-order valence-corrected chi connectivity index (χ2v) is 8.89. The lowest BCUT2D eigenvalue weighted by Gasteiger charge is -2.18. The van der Waals surface area contributed by atoms with Crippen molar-refractivity contribution >= 4 is 45.3 Å². The fraction of sp³-hybridized carbons (Fsp3) is 0.333. The number of carbonyl (C=O) groups is 2. The molecule has 2 aromatic heterocycles. The summed E-state index contributed by atoms with van der Waals surface area (Å²) in [5.41, 5.74) is 3.46. The zero-order valence-corrected chi connectivity index (χ0v) is 18.2. The first-order chi connectivity index (χ1) is 14.4. The molecule has 3 aromatic rings. The van der Waals surface area contributed by atoms with Crippen LogP contribution in [-0.2, 0) is 22.4 Å². The van der Waals surface area contributed by atoms with Gasteiger partial charge in [0, 0.05) is 16.3 Å². The molecule has 0 fully saturated rings. The Morgan fingerprint density at radius 2 is 2.17 bits per heavy atom. The van der Waals surface area contributed by atoms with Crippen molar-refractivity contribution in [2.75, 3.05) is 11.9 Å². The van der Waals surface area contributed by atoms with Gasteiger partial charge >= 0.3 is 5.97 Å². The van der Waals surface area contributed by atoms with Crippen LogP contribution in [0, 0.1) is 12.8 Å². The summed E-state index contributed by atoms with van der Waals surface area (Å²) in [6, 6.07) is 7.88. The molecule has 0 radical (unpaired) electrons. The standard InChI is InChI=1S/C24H25NO4S/c1-4-28-24(27)22-18-9-6-15(3)12-20(18)30-23(22)25-21(26)10-8-17-13-16-7-5-14(2)11-19(16)29-17/h5,7-8,10-11,13,15H,4,6,9,12H2,1-3H3,(H,25,26)/b10-8+. The molecule has 156 valence electrons. The topological polar surface area (TPSA) is 68.5 Å². The largest absolute Gasteiger partial charge is 0.462 e. The normalized spacial score (nSPS) is 16.0. The Morgan fingerprint density at radius 3 is 2.97 bits per heavy atom. The van der Waals surface area contributed by atoms with Gasteiger partial charge in [0.25, 0.3) is 0 Å². The molecular formula is C24H25NO4S. The molecule has 4 rings (SSSR count). The lowest BCUT2D eigenvalue weighted by molar-refractivity contribution is -0.111. The van der Waals surface area contributed by atoms with Crippen molar-refractivity contribution in [1.82, 2.24) is 0 Å². The lowest BCUT2D eigenvalue weighted by Crippen LogP contribution is -2.15. The van der Waals surface area contributed by atoms with E-state index in [1.54, 1.807) is 13.0 Å². The van der Waals surface area contributed by atoms with Crippen LogP contribution in [-0.4, -0.2) is 18.5 Å². The van der Waals surface area contributed by atoms with E-state index in [9.17, 15) is 9.59 Å². The van der Waals surface area contributed by atoms with Gasteiger partial charge in [-0.25, -0.2) is 4.79 Å². The number of amides is 1. The first-order valence-corrected chi connectivity index (χ1v) is 11.1. The van der Waals surface area contributed by atoms with Crippen LogP contribution in [0.4, 0.5) is 5.00 Å². The number of esters is 1. The van der Waals surface area contributed by atoms with Gasteiger partial charge in [-0.15, -0.1) is 11.3 Å². The highest BCUT2D eigenvalue weighted by molar-refractivity contribution is 7.17. The molecule has 1 atom stereocenters. The van der Waals surface area contributed by atoms with Crippen LogP contribution < -0.4 is 5.32 Å². The van der Waals surface area contributed by atoms with Crippen LogP contribution in [0.25, 0.3) is 17.0 Å². The summed E-state index contributed by atoms with van der Waals surface area (Å²) < 4.78 is 11.0. The molecule has 6 heteroatoms. The first kappa shape index (κ1) is 20.4. The maximum atomic E-state index is 12.6. The highest BCUT2D eigenvalue weighted by atomic mass is 32.1. The van der Waals surface area contributed by atoms with Gasteiger partial charge < -0.3 is 14.5 Å². The summed E-state index contributed by atoms with van der Waals surface area (Å²) in [7, 11) is 0. The number of carbonyl (C=O) groups excluding carboxylic acids is 2. The molecule has 2 heterocycles. The van der Waals surface area contributed by atoms with Gasteiger partial charge in [-0.3, -0.25) is 4.79 Å². The summed E-state index contributed by atoms with van der Waals surface area (Å²) in [6.07, 6.45) is 5.88. The Bertz CT molecular complexity index is 1140. The van der Waals surface area contributed by atoms with Crippen molar-refractivity contribution < 1.29 is 18.7 Å². The van der Waals surface area contributed by atoms with Crippen molar-refractivity contribution in [3.63, 3.8) is 0 Å². The summed E-state index contributed by atoms with van der Waals surface area (Å²) in [6.45, 7) is 6.31. The monoisotopic (exact) mass is 423 g/mol. The Morgan fingerprint density at radius 1 is 1.33 bits per heavy atom. The Labute approximate surface area is 179 Å². The molecule has 1 amide bonds. The molecule has 0 aliphatic heterocycles. The molecule has 1 aliphatic rings. The van der Waals surface area contributed by atoms with Crippen molar-refractivity contribution in [1.29, 1.82) is 0 Å². The van der Waals surface area contributed by atoms with Crippen molar-refractivity contribution in [3.8, 4) is 0 Å². The SMILES string of the molecule is CCOC(=O)c1c(NC(=O)/C=C/c2cc3ccc(C)cc3o2)sc2c1CCC(C)C2. The van der Waals surface area contributed by atoms with Gasteiger partial charge in [0.1, 0.15) is 16.3 Å². The number of anilines is 1. The van der Waals surface area contributed by atoms with E-state index in [-0.39, 0.29) is 11.9 Å². The summed E-state index contributed by atoms with van der Waals surface area (Å²) in [5, 5.41) is 4.45. The smallest absolute Gasteiger partial charge is 0.341 e. The number of furan rings is 1. The predicted octanol–water partition coefficient (Wildman–Crippen LogP) is 5.76. The second-order valence-electron chi connectivity index (χ2n) is 7.79. The van der Waals surface area contributed by atoms with E-state index in [1.807, 2.05) is 31.2 Å². The quantitative estimate of drug-likeness (QED) is 0.419. The first-order valence-electron chi connectivity index (χ1n) is 10.3. The van der Waals surface area contributed by atoms with Gasteiger partial charge in [0.05, 0.1) is 12.2 Å². The molecule has 0 spiro atoms. The van der Waals surface area contributed by atoms with Crippen molar-refractivity contribution in [2.24, 2.45) is 5.92 Å². The van der Waals surface area contributed by atoms with Crippen molar-refractivity contribution in [3.05, 3.63) is 57.7 Å². The van der Waals surface area contributed by atoms with E-state index in [4.69, 9.17) is 9.15 Å². The van der Waals surface area contributed by atoms with E-state index in [1.165, 1.54) is 22.3 Å². The maximum absolute atomic E-state index is 12.6. The van der Waals surface area contributed by atoms with E-state index >= 15 is 0 Å². The summed E-state index contributed by atoms with van der Waals surface area (Å²) >= 11 is 1.49. The van der Waals surface area contributed by atoms with Crippen molar-refractivity contribution in [2.45, 2.75) is 40.0 Å². The van der Waals surface area contributed by atoms with Crippen LogP contribution in [0.2, 0.25) is 0 Å². The minimum atomic E-state index is -0.364. The third-order valence-corrected chi connectivity index (χ3v) is 6.49. The molecule has 1 N–H and O–H groups in total. The molecule has 1 aromatic carbocycles.